The van der Waals surface area contributed by atoms with E-state index >= 15 is 0 Å². The third-order valence-electron chi connectivity index (χ3n) is 6.37. The van der Waals surface area contributed by atoms with Crippen molar-refractivity contribution in [3.05, 3.63) is 0 Å². The molecule has 0 aromatic heterocycles. The molecule has 0 aliphatic carbocycles. The fourth-order valence-electron chi connectivity index (χ4n) is 5.22. The second-order valence-corrected chi connectivity index (χ2v) is 9.43. The molecule has 3 rings (SSSR count). The van der Waals surface area contributed by atoms with Crippen LogP contribution in [0.5, 0.6) is 0 Å². The number of nitrogens with zero attached hydrogens (tertiary/aromatic N) is 1. The Bertz CT molecular complexity index is 661. The molecule has 4 unspecified atom stereocenters. The molecule has 158 valence electrons. The molecule has 2 bridgehead atoms. The van der Waals surface area contributed by atoms with Gasteiger partial charge < -0.3 is 25.4 Å². The van der Waals surface area contributed by atoms with Crippen molar-refractivity contribution in [2.45, 2.75) is 74.7 Å². The van der Waals surface area contributed by atoms with Crippen LogP contribution in [0.3, 0.4) is 0 Å². The summed E-state index contributed by atoms with van der Waals surface area (Å²) in [6.07, 6.45) is 1.76. The molecule has 0 radical (unpaired) electrons. The van der Waals surface area contributed by atoms with Gasteiger partial charge in [-0.3, -0.25) is 14.4 Å². The van der Waals surface area contributed by atoms with Crippen molar-refractivity contribution in [3.8, 4) is 0 Å². The molecule has 3 aliphatic heterocycles. The Kier molecular flexibility index (Phi) is 6.08. The summed E-state index contributed by atoms with van der Waals surface area (Å²) in [5.74, 6) is -2.21. The van der Waals surface area contributed by atoms with Gasteiger partial charge in [0.1, 0.15) is 11.6 Å². The summed E-state index contributed by atoms with van der Waals surface area (Å²) < 4.78 is 6.29. The molecule has 0 aromatic rings. The predicted molar refractivity (Wildman–Crippen MR) is 106 cm³/mol. The van der Waals surface area contributed by atoms with Gasteiger partial charge in [0, 0.05) is 17.9 Å². The summed E-state index contributed by atoms with van der Waals surface area (Å²) in [6.45, 7) is 5.41. The molecule has 28 heavy (non-hydrogen) atoms. The van der Waals surface area contributed by atoms with E-state index in [2.05, 4.69) is 26.6 Å². The van der Waals surface area contributed by atoms with Crippen LogP contribution >= 0.6 is 15.9 Å². The van der Waals surface area contributed by atoms with Crippen molar-refractivity contribution in [1.29, 1.82) is 0 Å². The second kappa shape index (κ2) is 7.91. The molecule has 8 nitrogen and oxygen atoms in total. The minimum Gasteiger partial charge on any atom is -0.394 e. The predicted octanol–water partition coefficient (Wildman–Crippen LogP) is 0.166. The number of amides is 3. The van der Waals surface area contributed by atoms with E-state index in [1.807, 2.05) is 13.8 Å². The molecule has 3 heterocycles. The summed E-state index contributed by atoms with van der Waals surface area (Å²) in [5, 5.41) is 15.4. The van der Waals surface area contributed by atoms with Crippen molar-refractivity contribution in [3.63, 3.8) is 0 Å². The Hall–Kier alpha value is -1.19. The first kappa shape index (κ1) is 21.5. The van der Waals surface area contributed by atoms with Crippen LogP contribution in [0.15, 0.2) is 0 Å². The maximum absolute atomic E-state index is 13.4. The number of alkyl halides is 1. The number of hydrogen-bond acceptors (Lipinski definition) is 5. The standard InChI is InChI=1S/C19H30BrN3O5/c1-5-6-9(2)22-17(26)15-19-7-11(20)14(28-19)12(16(25)21-4)13(19)18(27)23(15)10(3)8-24/h9-15,24H,5-8H2,1-4H3,(H,21,25)(H,22,26)/t9?,10-,11?,12-,13+,14-,15?,19?/m1/s1. The van der Waals surface area contributed by atoms with Crippen LogP contribution in [0.25, 0.3) is 0 Å². The zero-order valence-corrected chi connectivity index (χ0v) is 18.4. The van der Waals surface area contributed by atoms with Crippen LogP contribution < -0.4 is 10.6 Å². The topological polar surface area (TPSA) is 108 Å². The number of likely N-dealkylation sites (tertiary alicyclic amines) is 1. The van der Waals surface area contributed by atoms with Gasteiger partial charge in [-0.2, -0.15) is 0 Å². The highest BCUT2D eigenvalue weighted by Gasteiger charge is 2.76. The van der Waals surface area contributed by atoms with E-state index in [0.29, 0.717) is 6.42 Å². The van der Waals surface area contributed by atoms with Crippen LogP contribution in [-0.4, -0.2) is 76.0 Å². The normalized spacial score (nSPS) is 38.3. The summed E-state index contributed by atoms with van der Waals surface area (Å²) in [6, 6.07) is -1.46. The maximum atomic E-state index is 13.4. The van der Waals surface area contributed by atoms with Gasteiger partial charge in [0.2, 0.25) is 17.7 Å². The molecule has 3 N–H and O–H groups in total. The number of aliphatic hydroxyl groups is 1. The van der Waals surface area contributed by atoms with E-state index in [9.17, 15) is 19.5 Å². The van der Waals surface area contributed by atoms with E-state index in [1.54, 1.807) is 6.92 Å². The first-order valence-electron chi connectivity index (χ1n) is 10.00. The first-order valence-corrected chi connectivity index (χ1v) is 10.9. The summed E-state index contributed by atoms with van der Waals surface area (Å²) in [7, 11) is 1.54. The smallest absolute Gasteiger partial charge is 0.246 e. The van der Waals surface area contributed by atoms with Gasteiger partial charge in [-0.15, -0.1) is 0 Å². The van der Waals surface area contributed by atoms with Gasteiger partial charge in [-0.1, -0.05) is 29.3 Å². The number of carbonyl (C=O) groups is 3. The van der Waals surface area contributed by atoms with Gasteiger partial charge >= 0.3 is 0 Å². The van der Waals surface area contributed by atoms with Crippen molar-refractivity contribution >= 4 is 33.7 Å². The Balaban J connectivity index is 2.02. The number of nitrogens with one attached hydrogen (secondary N) is 2. The number of hydrogen-bond donors (Lipinski definition) is 3. The van der Waals surface area contributed by atoms with Crippen LogP contribution in [-0.2, 0) is 19.1 Å². The Morgan fingerprint density at radius 2 is 2.07 bits per heavy atom. The molecule has 8 atom stereocenters. The van der Waals surface area contributed by atoms with Crippen LogP contribution in [0.1, 0.15) is 40.0 Å². The number of ether oxygens (including phenoxy) is 1. The van der Waals surface area contributed by atoms with Crippen molar-refractivity contribution in [2.24, 2.45) is 11.8 Å². The average Bonchev–Trinajstić information content (AvgIpc) is 3.24. The zero-order chi connectivity index (χ0) is 20.8. The minimum absolute atomic E-state index is 0.0394. The second-order valence-electron chi connectivity index (χ2n) is 8.25. The Morgan fingerprint density at radius 1 is 1.39 bits per heavy atom. The average molecular weight is 460 g/mol. The Morgan fingerprint density at radius 3 is 2.64 bits per heavy atom. The van der Waals surface area contributed by atoms with Crippen LogP contribution in [0.2, 0.25) is 0 Å². The number of aliphatic hydroxyl groups excluding tert-OH is 1. The highest BCUT2D eigenvalue weighted by atomic mass is 79.9. The third kappa shape index (κ3) is 3.06. The molecule has 3 saturated heterocycles. The lowest BCUT2D eigenvalue weighted by atomic mass is 9.70. The monoisotopic (exact) mass is 459 g/mol. The number of carbonyl (C=O) groups excluding carboxylic acids is 3. The number of rotatable bonds is 7. The fraction of sp³-hybridized carbons (Fsp3) is 0.842. The largest absolute Gasteiger partial charge is 0.394 e. The highest BCUT2D eigenvalue weighted by molar-refractivity contribution is 9.09. The zero-order valence-electron chi connectivity index (χ0n) is 16.8. The van der Waals surface area contributed by atoms with Gasteiger partial charge in [0.05, 0.1) is 30.6 Å². The van der Waals surface area contributed by atoms with Crippen molar-refractivity contribution in [1.82, 2.24) is 15.5 Å². The van der Waals surface area contributed by atoms with Crippen LogP contribution in [0, 0.1) is 11.8 Å². The molecule has 9 heteroatoms. The number of fused-ring (bicyclic) bond motifs is 1. The van der Waals surface area contributed by atoms with E-state index in [0.717, 1.165) is 12.8 Å². The lowest BCUT2D eigenvalue weighted by Crippen LogP contribution is -2.58. The molecule has 0 aromatic carbocycles. The Labute approximate surface area is 173 Å². The lowest BCUT2D eigenvalue weighted by Gasteiger charge is -2.36. The quantitative estimate of drug-likeness (QED) is 0.470. The maximum Gasteiger partial charge on any atom is 0.246 e. The van der Waals surface area contributed by atoms with E-state index in [4.69, 9.17) is 4.74 Å². The molecule has 1 spiro atoms. The summed E-state index contributed by atoms with van der Waals surface area (Å²) in [4.78, 5) is 40.6. The molecule has 3 amide bonds. The summed E-state index contributed by atoms with van der Waals surface area (Å²) >= 11 is 3.59. The van der Waals surface area contributed by atoms with Gasteiger partial charge in [-0.05, 0) is 26.7 Å². The van der Waals surface area contributed by atoms with Crippen molar-refractivity contribution in [2.75, 3.05) is 13.7 Å². The lowest BCUT2D eigenvalue weighted by molar-refractivity contribution is -0.145. The third-order valence-corrected chi connectivity index (χ3v) is 7.22. The summed E-state index contributed by atoms with van der Waals surface area (Å²) in [5.41, 5.74) is -1.06. The molecular weight excluding hydrogens is 430 g/mol. The molecule has 3 aliphatic rings. The van der Waals surface area contributed by atoms with Gasteiger partial charge in [0.15, 0.2) is 0 Å². The minimum atomic E-state index is -1.06. The van der Waals surface area contributed by atoms with E-state index < -0.39 is 35.6 Å². The molecule has 3 fully saturated rings. The number of halogens is 1. The van der Waals surface area contributed by atoms with E-state index in [1.165, 1.54) is 11.9 Å². The van der Waals surface area contributed by atoms with E-state index in [-0.39, 0.29) is 35.2 Å². The van der Waals surface area contributed by atoms with Gasteiger partial charge in [-0.25, -0.2) is 0 Å². The molecular formula is C19H30BrN3O5. The van der Waals surface area contributed by atoms with Gasteiger partial charge in [0.25, 0.3) is 0 Å². The molecule has 0 saturated carbocycles. The highest BCUT2D eigenvalue weighted by Crippen LogP contribution is 2.60. The van der Waals surface area contributed by atoms with Crippen LogP contribution in [0.4, 0.5) is 0 Å². The first-order chi connectivity index (χ1) is 13.2. The SMILES string of the molecule is CCCC(C)NC(=O)C1N([C@H](C)CO)C(=O)[C@@H]2[C@@H](C(=O)NC)[C@@H]3OC12CC3Br. The van der Waals surface area contributed by atoms with Crippen molar-refractivity contribution < 1.29 is 24.2 Å². The fourth-order valence-corrected chi connectivity index (χ4v) is 6.17.